The van der Waals surface area contributed by atoms with Gasteiger partial charge in [-0.25, -0.2) is 0 Å². The summed E-state index contributed by atoms with van der Waals surface area (Å²) in [5.74, 6) is -0.717. The van der Waals surface area contributed by atoms with Crippen molar-refractivity contribution >= 4 is 32.8 Å². The fraction of sp³-hybridized carbons (Fsp3) is 0.250. The molecule has 1 aromatic carbocycles. The first-order valence-corrected chi connectivity index (χ1v) is 5.94. The SMILES string of the molecule is O=C(O)C1(c2cccc3c(Br)c[nH]c23)CC1. The van der Waals surface area contributed by atoms with E-state index in [1.54, 1.807) is 0 Å². The van der Waals surface area contributed by atoms with Crippen molar-refractivity contribution in [3.8, 4) is 0 Å². The molecule has 16 heavy (non-hydrogen) atoms. The van der Waals surface area contributed by atoms with Crippen LogP contribution in [0.1, 0.15) is 18.4 Å². The van der Waals surface area contributed by atoms with Gasteiger partial charge >= 0.3 is 5.97 Å². The average Bonchev–Trinajstić information content (AvgIpc) is 3.00. The van der Waals surface area contributed by atoms with E-state index >= 15 is 0 Å². The Labute approximate surface area is 101 Å². The van der Waals surface area contributed by atoms with E-state index in [-0.39, 0.29) is 0 Å². The number of hydrogen-bond acceptors (Lipinski definition) is 1. The lowest BCUT2D eigenvalue weighted by Gasteiger charge is -2.11. The van der Waals surface area contributed by atoms with Crippen LogP contribution in [-0.2, 0) is 10.2 Å². The number of aliphatic carboxylic acids is 1. The number of aromatic nitrogens is 1. The molecule has 0 bridgehead atoms. The van der Waals surface area contributed by atoms with Gasteiger partial charge < -0.3 is 10.1 Å². The first-order chi connectivity index (χ1) is 7.65. The van der Waals surface area contributed by atoms with Gasteiger partial charge in [0, 0.05) is 16.1 Å². The summed E-state index contributed by atoms with van der Waals surface area (Å²) in [4.78, 5) is 14.5. The molecule has 2 N–H and O–H groups in total. The molecule has 0 spiro atoms. The number of halogens is 1. The van der Waals surface area contributed by atoms with Crippen LogP contribution in [0.25, 0.3) is 10.9 Å². The molecule has 1 aliphatic rings. The second kappa shape index (κ2) is 3.10. The quantitative estimate of drug-likeness (QED) is 0.888. The van der Waals surface area contributed by atoms with Gasteiger partial charge in [-0.1, -0.05) is 18.2 Å². The van der Waals surface area contributed by atoms with Gasteiger partial charge in [-0.2, -0.15) is 0 Å². The standard InChI is InChI=1S/C12H10BrNO2/c13-9-6-14-10-7(9)2-1-3-8(10)12(4-5-12)11(15)16/h1-3,6,14H,4-5H2,(H,15,16). The minimum Gasteiger partial charge on any atom is -0.481 e. The third-order valence-electron chi connectivity index (χ3n) is 3.34. The summed E-state index contributed by atoms with van der Waals surface area (Å²) >= 11 is 3.45. The molecule has 1 aliphatic carbocycles. The molecule has 1 fully saturated rings. The van der Waals surface area contributed by atoms with Gasteiger partial charge in [0.15, 0.2) is 0 Å². The number of H-pyrrole nitrogens is 1. The van der Waals surface area contributed by atoms with Crippen molar-refractivity contribution in [2.75, 3.05) is 0 Å². The molecular weight excluding hydrogens is 270 g/mol. The Bertz CT molecular complexity index is 584. The van der Waals surface area contributed by atoms with E-state index in [0.717, 1.165) is 33.8 Å². The highest BCUT2D eigenvalue weighted by Gasteiger charge is 2.52. The lowest BCUT2D eigenvalue weighted by Crippen LogP contribution is -2.19. The summed E-state index contributed by atoms with van der Waals surface area (Å²) < 4.78 is 0.977. The Morgan fingerprint density at radius 3 is 2.81 bits per heavy atom. The van der Waals surface area contributed by atoms with Crippen LogP contribution in [0.3, 0.4) is 0 Å². The molecule has 4 heteroatoms. The number of hydrogen-bond donors (Lipinski definition) is 2. The lowest BCUT2D eigenvalue weighted by atomic mass is 9.94. The van der Waals surface area contributed by atoms with Crippen LogP contribution in [-0.4, -0.2) is 16.1 Å². The summed E-state index contributed by atoms with van der Waals surface area (Å²) in [6.45, 7) is 0. The molecule has 0 aliphatic heterocycles. The molecule has 3 rings (SSSR count). The number of carboxylic acid groups (broad SMARTS) is 1. The molecule has 0 saturated heterocycles. The molecule has 1 saturated carbocycles. The van der Waals surface area contributed by atoms with Crippen LogP contribution in [0, 0.1) is 0 Å². The second-order valence-electron chi connectivity index (χ2n) is 4.25. The molecule has 82 valence electrons. The zero-order valence-corrected chi connectivity index (χ0v) is 10.0. The summed E-state index contributed by atoms with van der Waals surface area (Å²) in [7, 11) is 0. The molecule has 0 unspecified atom stereocenters. The van der Waals surface area contributed by atoms with Crippen LogP contribution >= 0.6 is 15.9 Å². The van der Waals surface area contributed by atoms with Crippen molar-refractivity contribution in [1.82, 2.24) is 4.98 Å². The van der Waals surface area contributed by atoms with Gasteiger partial charge in [0.05, 0.1) is 10.9 Å². The van der Waals surface area contributed by atoms with Crippen LogP contribution in [0.5, 0.6) is 0 Å². The zero-order valence-electron chi connectivity index (χ0n) is 8.46. The van der Waals surface area contributed by atoms with Crippen molar-refractivity contribution in [1.29, 1.82) is 0 Å². The number of para-hydroxylation sites is 1. The Kier molecular flexibility index (Phi) is 1.92. The number of nitrogens with one attached hydrogen (secondary N) is 1. The van der Waals surface area contributed by atoms with Crippen LogP contribution in [0.15, 0.2) is 28.9 Å². The first kappa shape index (κ1) is 9.90. The van der Waals surface area contributed by atoms with E-state index < -0.39 is 11.4 Å². The molecule has 0 radical (unpaired) electrons. The fourth-order valence-electron chi connectivity index (χ4n) is 2.24. The number of aromatic amines is 1. The molecule has 1 heterocycles. The summed E-state index contributed by atoms with van der Waals surface area (Å²) in [5, 5.41) is 10.3. The van der Waals surface area contributed by atoms with E-state index in [1.807, 2.05) is 24.4 Å². The number of carboxylic acids is 1. The number of fused-ring (bicyclic) bond motifs is 1. The van der Waals surface area contributed by atoms with Crippen molar-refractivity contribution in [3.63, 3.8) is 0 Å². The van der Waals surface area contributed by atoms with Gasteiger partial charge in [-0.3, -0.25) is 4.79 Å². The molecule has 2 aromatic rings. The van der Waals surface area contributed by atoms with E-state index in [9.17, 15) is 9.90 Å². The van der Waals surface area contributed by atoms with Crippen molar-refractivity contribution in [2.45, 2.75) is 18.3 Å². The van der Waals surface area contributed by atoms with Crippen LogP contribution < -0.4 is 0 Å². The van der Waals surface area contributed by atoms with Gasteiger partial charge in [0.1, 0.15) is 0 Å². The Morgan fingerprint density at radius 2 is 2.19 bits per heavy atom. The van der Waals surface area contributed by atoms with Gasteiger partial charge in [0.2, 0.25) is 0 Å². The van der Waals surface area contributed by atoms with Gasteiger partial charge in [0.25, 0.3) is 0 Å². The number of carbonyl (C=O) groups is 1. The Balaban J connectivity index is 2.29. The summed E-state index contributed by atoms with van der Waals surface area (Å²) in [5.41, 5.74) is 1.20. The van der Waals surface area contributed by atoms with Crippen LogP contribution in [0.2, 0.25) is 0 Å². The van der Waals surface area contributed by atoms with Gasteiger partial charge in [-0.15, -0.1) is 0 Å². The average molecular weight is 280 g/mol. The molecule has 0 atom stereocenters. The summed E-state index contributed by atoms with van der Waals surface area (Å²) in [6, 6.07) is 5.81. The van der Waals surface area contributed by atoms with E-state index in [1.165, 1.54) is 0 Å². The van der Waals surface area contributed by atoms with Crippen molar-refractivity contribution in [3.05, 3.63) is 34.4 Å². The van der Waals surface area contributed by atoms with E-state index in [0.29, 0.717) is 0 Å². The predicted octanol–water partition coefficient (Wildman–Crippen LogP) is 3.05. The normalized spacial score (nSPS) is 17.6. The highest BCUT2D eigenvalue weighted by Crippen LogP contribution is 2.50. The van der Waals surface area contributed by atoms with E-state index in [2.05, 4.69) is 20.9 Å². The van der Waals surface area contributed by atoms with Crippen molar-refractivity contribution in [2.24, 2.45) is 0 Å². The summed E-state index contributed by atoms with van der Waals surface area (Å²) in [6.07, 6.45) is 3.32. The zero-order chi connectivity index (χ0) is 11.3. The minimum atomic E-state index is -0.717. The Hall–Kier alpha value is -1.29. The van der Waals surface area contributed by atoms with Crippen molar-refractivity contribution < 1.29 is 9.90 Å². The monoisotopic (exact) mass is 279 g/mol. The Morgan fingerprint density at radius 1 is 1.44 bits per heavy atom. The largest absolute Gasteiger partial charge is 0.481 e. The van der Waals surface area contributed by atoms with Gasteiger partial charge in [-0.05, 0) is 34.3 Å². The third kappa shape index (κ3) is 1.16. The smallest absolute Gasteiger partial charge is 0.314 e. The maximum Gasteiger partial charge on any atom is 0.314 e. The highest BCUT2D eigenvalue weighted by molar-refractivity contribution is 9.10. The molecule has 0 amide bonds. The first-order valence-electron chi connectivity index (χ1n) is 5.15. The minimum absolute atomic E-state index is 0.649. The van der Waals surface area contributed by atoms with E-state index in [4.69, 9.17) is 0 Å². The highest BCUT2D eigenvalue weighted by atomic mass is 79.9. The second-order valence-corrected chi connectivity index (χ2v) is 5.11. The van der Waals surface area contributed by atoms with Crippen LogP contribution in [0.4, 0.5) is 0 Å². The molecular formula is C12H10BrNO2. The predicted molar refractivity (Wildman–Crippen MR) is 64.5 cm³/mol. The fourth-order valence-corrected chi connectivity index (χ4v) is 2.69. The number of rotatable bonds is 2. The number of benzene rings is 1. The topological polar surface area (TPSA) is 53.1 Å². The molecule has 3 nitrogen and oxygen atoms in total. The lowest BCUT2D eigenvalue weighted by molar-refractivity contribution is -0.140. The maximum absolute atomic E-state index is 11.3. The maximum atomic E-state index is 11.3. The molecule has 1 aromatic heterocycles. The third-order valence-corrected chi connectivity index (χ3v) is 4.00.